The van der Waals surface area contributed by atoms with E-state index in [0.717, 1.165) is 11.3 Å². The summed E-state index contributed by atoms with van der Waals surface area (Å²) in [6, 6.07) is 11.1. The zero-order chi connectivity index (χ0) is 13.8. The Balaban J connectivity index is 2.31. The lowest BCUT2D eigenvalue weighted by Crippen LogP contribution is -2.31. The fourth-order valence-electron chi connectivity index (χ4n) is 1.87. The molecule has 1 aromatic heterocycles. The predicted molar refractivity (Wildman–Crippen MR) is 77.2 cm³/mol. The number of pyridine rings is 1. The Bertz CT molecular complexity index is 578. The molecule has 0 radical (unpaired) electrons. The fourth-order valence-corrected chi connectivity index (χ4v) is 1.87. The molecule has 0 aliphatic heterocycles. The minimum Gasteiger partial charge on any atom is -0.399 e. The van der Waals surface area contributed by atoms with Crippen LogP contribution >= 0.6 is 0 Å². The van der Waals surface area contributed by atoms with E-state index in [9.17, 15) is 4.79 Å². The zero-order valence-electron chi connectivity index (χ0n) is 11.1. The third-order valence-corrected chi connectivity index (χ3v) is 2.91. The molecular weight excluding hydrogens is 238 g/mol. The SMILES string of the molecule is CCN(C(=O)c1cc(N)ccn1)c1ccc(C)cc1. The second-order valence-electron chi connectivity index (χ2n) is 4.36. The first-order valence-corrected chi connectivity index (χ1v) is 6.22. The van der Waals surface area contributed by atoms with E-state index in [1.165, 1.54) is 0 Å². The van der Waals surface area contributed by atoms with E-state index in [0.29, 0.717) is 17.9 Å². The van der Waals surface area contributed by atoms with Crippen molar-refractivity contribution in [3.8, 4) is 0 Å². The highest BCUT2D eigenvalue weighted by atomic mass is 16.2. The Hall–Kier alpha value is -2.36. The molecule has 2 N–H and O–H groups in total. The summed E-state index contributed by atoms with van der Waals surface area (Å²) in [4.78, 5) is 18.2. The van der Waals surface area contributed by atoms with Gasteiger partial charge in [-0.15, -0.1) is 0 Å². The van der Waals surface area contributed by atoms with Crippen molar-refractivity contribution in [3.63, 3.8) is 0 Å². The van der Waals surface area contributed by atoms with Crippen molar-refractivity contribution in [2.45, 2.75) is 13.8 Å². The molecule has 1 heterocycles. The van der Waals surface area contributed by atoms with Gasteiger partial charge in [0.05, 0.1) is 0 Å². The van der Waals surface area contributed by atoms with E-state index in [2.05, 4.69) is 4.98 Å². The summed E-state index contributed by atoms with van der Waals surface area (Å²) in [5, 5.41) is 0. The molecule has 0 unspecified atom stereocenters. The van der Waals surface area contributed by atoms with Gasteiger partial charge in [-0.05, 0) is 38.1 Å². The van der Waals surface area contributed by atoms with Gasteiger partial charge in [0.1, 0.15) is 5.69 Å². The number of rotatable bonds is 3. The lowest BCUT2D eigenvalue weighted by molar-refractivity contribution is 0.0983. The molecule has 19 heavy (non-hydrogen) atoms. The second kappa shape index (κ2) is 5.52. The maximum atomic E-state index is 12.4. The number of hydrogen-bond donors (Lipinski definition) is 1. The molecule has 2 aromatic rings. The zero-order valence-corrected chi connectivity index (χ0v) is 11.1. The van der Waals surface area contributed by atoms with Gasteiger partial charge in [0, 0.05) is 24.1 Å². The van der Waals surface area contributed by atoms with E-state index in [1.807, 2.05) is 38.1 Å². The molecule has 0 saturated heterocycles. The molecular formula is C15H17N3O. The third-order valence-electron chi connectivity index (χ3n) is 2.91. The number of nitrogen functional groups attached to an aromatic ring is 1. The summed E-state index contributed by atoms with van der Waals surface area (Å²) in [5.74, 6) is -0.140. The normalized spacial score (nSPS) is 10.2. The number of nitrogens with two attached hydrogens (primary N) is 1. The van der Waals surface area contributed by atoms with Crippen molar-refractivity contribution in [1.29, 1.82) is 0 Å². The van der Waals surface area contributed by atoms with Gasteiger partial charge in [0.15, 0.2) is 0 Å². The third kappa shape index (κ3) is 2.91. The van der Waals surface area contributed by atoms with Crippen LogP contribution in [0.2, 0.25) is 0 Å². The van der Waals surface area contributed by atoms with Crippen LogP contribution in [0.3, 0.4) is 0 Å². The first-order valence-electron chi connectivity index (χ1n) is 6.22. The van der Waals surface area contributed by atoms with Gasteiger partial charge >= 0.3 is 0 Å². The monoisotopic (exact) mass is 255 g/mol. The smallest absolute Gasteiger partial charge is 0.276 e. The molecule has 1 aromatic carbocycles. The molecule has 0 atom stereocenters. The summed E-state index contributed by atoms with van der Waals surface area (Å²) < 4.78 is 0. The summed E-state index contributed by atoms with van der Waals surface area (Å²) in [5.41, 5.74) is 8.61. The van der Waals surface area contributed by atoms with Crippen molar-refractivity contribution in [1.82, 2.24) is 4.98 Å². The summed E-state index contributed by atoms with van der Waals surface area (Å²) in [6.07, 6.45) is 1.55. The number of nitrogens with zero attached hydrogens (tertiary/aromatic N) is 2. The fraction of sp³-hybridized carbons (Fsp3) is 0.200. The quantitative estimate of drug-likeness (QED) is 0.917. The maximum Gasteiger partial charge on any atom is 0.276 e. The Morgan fingerprint density at radius 1 is 1.26 bits per heavy atom. The van der Waals surface area contributed by atoms with Crippen molar-refractivity contribution in [2.24, 2.45) is 0 Å². The van der Waals surface area contributed by atoms with Crippen LogP contribution in [-0.2, 0) is 0 Å². The Morgan fingerprint density at radius 2 is 1.95 bits per heavy atom. The van der Waals surface area contributed by atoms with E-state index < -0.39 is 0 Å². The highest BCUT2D eigenvalue weighted by Gasteiger charge is 2.17. The molecule has 0 fully saturated rings. The van der Waals surface area contributed by atoms with Gasteiger partial charge in [-0.1, -0.05) is 17.7 Å². The molecule has 0 bridgehead atoms. The number of benzene rings is 1. The lowest BCUT2D eigenvalue weighted by Gasteiger charge is -2.20. The van der Waals surface area contributed by atoms with Crippen LogP contribution in [0.5, 0.6) is 0 Å². The van der Waals surface area contributed by atoms with Crippen LogP contribution in [0.4, 0.5) is 11.4 Å². The average Bonchev–Trinajstić information content (AvgIpc) is 2.41. The highest BCUT2D eigenvalue weighted by Crippen LogP contribution is 2.17. The first-order chi connectivity index (χ1) is 9.11. The Kier molecular flexibility index (Phi) is 3.80. The highest BCUT2D eigenvalue weighted by molar-refractivity contribution is 6.05. The summed E-state index contributed by atoms with van der Waals surface area (Å²) >= 11 is 0. The average molecular weight is 255 g/mol. The van der Waals surface area contributed by atoms with Crippen LogP contribution in [0, 0.1) is 6.92 Å². The Labute approximate surface area is 112 Å². The second-order valence-corrected chi connectivity index (χ2v) is 4.36. The van der Waals surface area contributed by atoms with Gasteiger partial charge in [-0.2, -0.15) is 0 Å². The van der Waals surface area contributed by atoms with Gasteiger partial charge in [-0.3, -0.25) is 9.78 Å². The van der Waals surface area contributed by atoms with Gasteiger partial charge < -0.3 is 10.6 Å². The van der Waals surface area contributed by atoms with E-state index >= 15 is 0 Å². The largest absolute Gasteiger partial charge is 0.399 e. The van der Waals surface area contributed by atoms with Crippen LogP contribution in [0.15, 0.2) is 42.6 Å². The first kappa shape index (κ1) is 13.1. The van der Waals surface area contributed by atoms with Crippen LogP contribution < -0.4 is 10.6 Å². The molecule has 4 nitrogen and oxygen atoms in total. The molecule has 1 amide bonds. The number of anilines is 2. The molecule has 2 rings (SSSR count). The maximum absolute atomic E-state index is 12.4. The van der Waals surface area contributed by atoms with Crippen molar-refractivity contribution in [2.75, 3.05) is 17.2 Å². The number of aryl methyl sites for hydroxylation is 1. The van der Waals surface area contributed by atoms with Crippen molar-refractivity contribution < 1.29 is 4.79 Å². The number of carbonyl (C=O) groups is 1. The van der Waals surface area contributed by atoms with Crippen LogP contribution in [0.25, 0.3) is 0 Å². The number of aromatic nitrogens is 1. The Morgan fingerprint density at radius 3 is 2.53 bits per heavy atom. The van der Waals surface area contributed by atoms with Crippen molar-refractivity contribution >= 4 is 17.3 Å². The number of amides is 1. The van der Waals surface area contributed by atoms with E-state index in [-0.39, 0.29) is 5.91 Å². The predicted octanol–water partition coefficient (Wildman–Crippen LogP) is 2.64. The molecule has 0 spiro atoms. The van der Waals surface area contributed by atoms with Crippen LogP contribution in [0.1, 0.15) is 23.0 Å². The van der Waals surface area contributed by atoms with Gasteiger partial charge in [0.2, 0.25) is 0 Å². The van der Waals surface area contributed by atoms with Crippen LogP contribution in [-0.4, -0.2) is 17.4 Å². The number of hydrogen-bond acceptors (Lipinski definition) is 3. The minimum absolute atomic E-state index is 0.140. The molecule has 0 saturated carbocycles. The molecule has 4 heteroatoms. The van der Waals surface area contributed by atoms with Gasteiger partial charge in [0.25, 0.3) is 5.91 Å². The van der Waals surface area contributed by atoms with Crippen molar-refractivity contribution in [3.05, 3.63) is 53.9 Å². The molecule has 98 valence electrons. The topological polar surface area (TPSA) is 59.2 Å². The molecule has 0 aliphatic rings. The van der Waals surface area contributed by atoms with E-state index in [4.69, 9.17) is 5.73 Å². The minimum atomic E-state index is -0.140. The number of carbonyl (C=O) groups excluding carboxylic acids is 1. The summed E-state index contributed by atoms with van der Waals surface area (Å²) in [6.45, 7) is 4.53. The van der Waals surface area contributed by atoms with Gasteiger partial charge in [-0.25, -0.2) is 0 Å². The molecule has 0 aliphatic carbocycles. The lowest BCUT2D eigenvalue weighted by atomic mass is 10.2. The van der Waals surface area contributed by atoms with E-state index in [1.54, 1.807) is 23.2 Å². The standard InChI is InChI=1S/C15H17N3O/c1-3-18(13-6-4-11(2)5-7-13)15(19)14-10-12(16)8-9-17-14/h4-10H,3H2,1-2H3,(H2,16,17). The summed E-state index contributed by atoms with van der Waals surface area (Å²) in [7, 11) is 0.